The molecule has 21 heavy (non-hydrogen) atoms. The Labute approximate surface area is 131 Å². The number of ether oxygens (including phenoxy) is 1. The molecule has 0 amide bonds. The third-order valence-electron chi connectivity index (χ3n) is 4.43. The zero-order chi connectivity index (χ0) is 14.3. The van der Waals surface area contributed by atoms with Gasteiger partial charge < -0.3 is 10.5 Å². The number of hydrogen-bond donors (Lipinski definition) is 1. The van der Waals surface area contributed by atoms with Gasteiger partial charge in [-0.05, 0) is 30.7 Å². The minimum atomic E-state index is -3.47. The molecule has 1 aromatic rings. The Kier molecular flexibility index (Phi) is 4.77. The Balaban J connectivity index is 0.00000161. The molecule has 2 fully saturated rings. The van der Waals surface area contributed by atoms with Crippen molar-refractivity contribution in [1.29, 1.82) is 0 Å². The van der Waals surface area contributed by atoms with Gasteiger partial charge in [-0.15, -0.1) is 12.4 Å². The summed E-state index contributed by atoms with van der Waals surface area (Å²) in [5, 5.41) is 0. The fourth-order valence-corrected chi connectivity index (χ4v) is 4.73. The lowest BCUT2D eigenvalue weighted by atomic mass is 9.98. The SMILES string of the molecule is COc1ccc(S(=O)(=O)N2CC3CCC(N)C3C2)cn1.Cl. The quantitative estimate of drug-likeness (QED) is 0.887. The second-order valence-corrected chi connectivity index (χ2v) is 7.46. The molecule has 0 aromatic carbocycles. The summed E-state index contributed by atoms with van der Waals surface area (Å²) < 4.78 is 31.6. The van der Waals surface area contributed by atoms with Gasteiger partial charge in [0.05, 0.1) is 13.3 Å². The number of rotatable bonds is 3. The Morgan fingerprint density at radius 2 is 2.10 bits per heavy atom. The maximum Gasteiger partial charge on any atom is 0.244 e. The fraction of sp³-hybridized carbons (Fsp3) is 0.615. The average molecular weight is 334 g/mol. The van der Waals surface area contributed by atoms with Crippen molar-refractivity contribution in [1.82, 2.24) is 9.29 Å². The predicted molar refractivity (Wildman–Crippen MR) is 81.0 cm³/mol. The van der Waals surface area contributed by atoms with Gasteiger partial charge in [-0.2, -0.15) is 4.31 Å². The van der Waals surface area contributed by atoms with Gasteiger partial charge in [0.15, 0.2) is 0 Å². The molecule has 0 bridgehead atoms. The van der Waals surface area contributed by atoms with E-state index in [9.17, 15) is 8.42 Å². The molecule has 6 nitrogen and oxygen atoms in total. The molecule has 3 unspecified atom stereocenters. The van der Waals surface area contributed by atoms with E-state index in [-0.39, 0.29) is 23.3 Å². The summed E-state index contributed by atoms with van der Waals surface area (Å²) in [5.41, 5.74) is 6.05. The van der Waals surface area contributed by atoms with Crippen LogP contribution in [-0.2, 0) is 10.0 Å². The Hall–Kier alpha value is -0.890. The fourth-order valence-electron chi connectivity index (χ4n) is 3.25. The number of hydrogen-bond acceptors (Lipinski definition) is 5. The summed E-state index contributed by atoms with van der Waals surface area (Å²) in [6.07, 6.45) is 3.38. The lowest BCUT2D eigenvalue weighted by molar-refractivity contribution is 0.396. The summed E-state index contributed by atoms with van der Waals surface area (Å²) in [6, 6.07) is 3.24. The zero-order valence-corrected chi connectivity index (χ0v) is 13.4. The Morgan fingerprint density at radius 3 is 2.67 bits per heavy atom. The monoisotopic (exact) mass is 333 g/mol. The Bertz CT molecular complexity index is 593. The molecule has 2 aliphatic rings. The second-order valence-electron chi connectivity index (χ2n) is 5.52. The maximum atomic E-state index is 12.6. The highest BCUT2D eigenvalue weighted by Crippen LogP contribution is 2.39. The van der Waals surface area contributed by atoms with Gasteiger partial charge in [-0.3, -0.25) is 0 Å². The van der Waals surface area contributed by atoms with E-state index in [2.05, 4.69) is 4.98 Å². The number of aromatic nitrogens is 1. The van der Waals surface area contributed by atoms with Gasteiger partial charge in [0, 0.05) is 25.2 Å². The predicted octanol–water partition coefficient (Wildman–Crippen LogP) is 0.870. The molecule has 1 aromatic heterocycles. The second kappa shape index (κ2) is 6.08. The molecule has 0 spiro atoms. The highest BCUT2D eigenvalue weighted by atomic mass is 35.5. The summed E-state index contributed by atoms with van der Waals surface area (Å²) in [4.78, 5) is 4.18. The molecule has 118 valence electrons. The highest BCUT2D eigenvalue weighted by molar-refractivity contribution is 7.89. The first kappa shape index (κ1) is 16.5. The van der Waals surface area contributed by atoms with Crippen molar-refractivity contribution in [3.8, 4) is 5.88 Å². The van der Waals surface area contributed by atoms with Crippen molar-refractivity contribution in [2.24, 2.45) is 17.6 Å². The van der Waals surface area contributed by atoms with Gasteiger partial charge in [-0.25, -0.2) is 13.4 Å². The number of pyridine rings is 1. The zero-order valence-electron chi connectivity index (χ0n) is 11.8. The highest BCUT2D eigenvalue weighted by Gasteiger charge is 2.45. The van der Waals surface area contributed by atoms with E-state index >= 15 is 0 Å². The topological polar surface area (TPSA) is 85.5 Å². The normalized spacial score (nSPS) is 29.0. The number of halogens is 1. The minimum absolute atomic E-state index is 0. The molecule has 3 atom stereocenters. The number of sulfonamides is 1. The van der Waals surface area contributed by atoms with Crippen LogP contribution in [0.25, 0.3) is 0 Å². The molecule has 2 N–H and O–H groups in total. The van der Waals surface area contributed by atoms with Crippen LogP contribution in [0.4, 0.5) is 0 Å². The first-order valence-corrected chi connectivity index (χ1v) is 8.22. The standard InChI is InChI=1S/C13H19N3O3S.ClH/c1-19-13-5-3-10(6-15-13)20(17,18)16-7-9-2-4-12(14)11(9)8-16;/h3,5-6,9,11-12H,2,4,7-8,14H2,1H3;1H. The molecule has 3 rings (SSSR count). The van der Waals surface area contributed by atoms with Crippen LogP contribution in [0.1, 0.15) is 12.8 Å². The largest absolute Gasteiger partial charge is 0.481 e. The van der Waals surface area contributed by atoms with Crippen LogP contribution in [0.15, 0.2) is 23.2 Å². The van der Waals surface area contributed by atoms with Crippen LogP contribution in [0.5, 0.6) is 5.88 Å². The Morgan fingerprint density at radius 1 is 1.33 bits per heavy atom. The molecule has 1 saturated carbocycles. The van der Waals surface area contributed by atoms with E-state index in [1.54, 1.807) is 10.4 Å². The van der Waals surface area contributed by atoms with E-state index in [0.717, 1.165) is 12.8 Å². The number of fused-ring (bicyclic) bond motifs is 1. The lowest BCUT2D eigenvalue weighted by Gasteiger charge is -2.18. The van der Waals surface area contributed by atoms with E-state index in [1.165, 1.54) is 19.4 Å². The maximum absolute atomic E-state index is 12.6. The lowest BCUT2D eigenvalue weighted by Crippen LogP contribution is -2.33. The van der Waals surface area contributed by atoms with Crippen molar-refractivity contribution in [2.45, 2.75) is 23.8 Å². The third-order valence-corrected chi connectivity index (χ3v) is 6.25. The minimum Gasteiger partial charge on any atom is -0.481 e. The van der Waals surface area contributed by atoms with Crippen LogP contribution in [0.2, 0.25) is 0 Å². The first-order valence-electron chi connectivity index (χ1n) is 6.78. The summed E-state index contributed by atoms with van der Waals surface area (Å²) in [5.74, 6) is 1.12. The number of methoxy groups -OCH3 is 1. The summed E-state index contributed by atoms with van der Waals surface area (Å²) in [6.45, 7) is 1.10. The number of nitrogens with two attached hydrogens (primary N) is 1. The van der Waals surface area contributed by atoms with E-state index < -0.39 is 10.0 Å². The van der Waals surface area contributed by atoms with Crippen molar-refractivity contribution in [3.05, 3.63) is 18.3 Å². The van der Waals surface area contributed by atoms with Gasteiger partial charge in [-0.1, -0.05) is 0 Å². The van der Waals surface area contributed by atoms with Crippen molar-refractivity contribution >= 4 is 22.4 Å². The molecule has 1 aliphatic heterocycles. The molecular formula is C13H20ClN3O3S. The molecule has 0 radical (unpaired) electrons. The number of nitrogens with zero attached hydrogens (tertiary/aromatic N) is 2. The molecule has 8 heteroatoms. The van der Waals surface area contributed by atoms with E-state index in [0.29, 0.717) is 30.8 Å². The molecule has 1 saturated heterocycles. The summed E-state index contributed by atoms with van der Waals surface area (Å²) in [7, 11) is -1.97. The van der Waals surface area contributed by atoms with Crippen LogP contribution >= 0.6 is 12.4 Å². The van der Waals surface area contributed by atoms with E-state index in [1.807, 2.05) is 0 Å². The van der Waals surface area contributed by atoms with Gasteiger partial charge in [0.25, 0.3) is 0 Å². The van der Waals surface area contributed by atoms with Crippen LogP contribution < -0.4 is 10.5 Å². The van der Waals surface area contributed by atoms with Crippen molar-refractivity contribution in [2.75, 3.05) is 20.2 Å². The molecule has 2 heterocycles. The van der Waals surface area contributed by atoms with Crippen molar-refractivity contribution in [3.63, 3.8) is 0 Å². The van der Waals surface area contributed by atoms with Crippen molar-refractivity contribution < 1.29 is 13.2 Å². The van der Waals surface area contributed by atoms with Crippen LogP contribution in [-0.4, -0.2) is 43.9 Å². The van der Waals surface area contributed by atoms with E-state index in [4.69, 9.17) is 10.5 Å². The van der Waals surface area contributed by atoms with Gasteiger partial charge in [0.1, 0.15) is 4.90 Å². The smallest absolute Gasteiger partial charge is 0.244 e. The van der Waals surface area contributed by atoms with Crippen LogP contribution in [0, 0.1) is 11.8 Å². The van der Waals surface area contributed by atoms with Gasteiger partial charge >= 0.3 is 0 Å². The molecule has 1 aliphatic carbocycles. The van der Waals surface area contributed by atoms with Gasteiger partial charge in [0.2, 0.25) is 15.9 Å². The molecular weight excluding hydrogens is 314 g/mol. The summed E-state index contributed by atoms with van der Waals surface area (Å²) >= 11 is 0. The van der Waals surface area contributed by atoms with Crippen LogP contribution in [0.3, 0.4) is 0 Å². The first-order chi connectivity index (χ1) is 9.52. The third kappa shape index (κ3) is 2.88. The average Bonchev–Trinajstić information content (AvgIpc) is 3.02.